The summed E-state index contributed by atoms with van der Waals surface area (Å²) in [6.45, 7) is 1.64. The van der Waals surface area contributed by atoms with Gasteiger partial charge in [-0.2, -0.15) is 0 Å². The first-order valence-corrected chi connectivity index (χ1v) is 2.40. The van der Waals surface area contributed by atoms with Gasteiger partial charge in [0.25, 0.3) is 0 Å². The van der Waals surface area contributed by atoms with Gasteiger partial charge in [-0.15, -0.1) is 0 Å². The molecule has 0 atom stereocenters. The Morgan fingerprint density at radius 1 is 1.40 bits per heavy atom. The van der Waals surface area contributed by atoms with Crippen molar-refractivity contribution >= 4 is 11.8 Å². The standard InChI is InChI=1S/C5H8O3.Na.H2O/c1-2-4(6)3-5(7)8;;/h2-3H2,1H3,(H,7,8);;1H2/q;+1;/p-1. The number of carboxylic acid groups (broad SMARTS) is 1. The SMILES string of the molecule is CCC(=O)CC(=O)O.[Na+].[OH-]. The molecule has 5 heteroatoms. The van der Waals surface area contributed by atoms with Crippen LogP contribution in [0.3, 0.4) is 0 Å². The number of carboxylic acids is 1. The Balaban J connectivity index is -0.000000245. The van der Waals surface area contributed by atoms with Crippen molar-refractivity contribution in [1.29, 1.82) is 0 Å². The van der Waals surface area contributed by atoms with Gasteiger partial charge in [0.2, 0.25) is 0 Å². The van der Waals surface area contributed by atoms with E-state index in [1.807, 2.05) is 0 Å². The molecule has 0 aliphatic rings. The van der Waals surface area contributed by atoms with Crippen LogP contribution in [0.1, 0.15) is 19.8 Å². The fourth-order valence-corrected chi connectivity index (χ4v) is 0.294. The molecule has 0 aromatic rings. The van der Waals surface area contributed by atoms with Crippen molar-refractivity contribution in [3.05, 3.63) is 0 Å². The molecule has 0 bridgehead atoms. The third-order valence-corrected chi connectivity index (χ3v) is 0.743. The van der Waals surface area contributed by atoms with E-state index in [9.17, 15) is 9.59 Å². The maximum absolute atomic E-state index is 10.2. The van der Waals surface area contributed by atoms with Crippen LogP contribution < -0.4 is 29.6 Å². The smallest absolute Gasteiger partial charge is 0.870 e. The topological polar surface area (TPSA) is 84.4 Å². The molecule has 0 rings (SSSR count). The van der Waals surface area contributed by atoms with Crippen molar-refractivity contribution in [2.45, 2.75) is 19.8 Å². The van der Waals surface area contributed by atoms with E-state index in [4.69, 9.17) is 5.11 Å². The number of rotatable bonds is 3. The van der Waals surface area contributed by atoms with Crippen LogP contribution in [-0.4, -0.2) is 22.3 Å². The average Bonchev–Trinajstić information content (AvgIpc) is 1.65. The van der Waals surface area contributed by atoms with Gasteiger partial charge in [-0.1, -0.05) is 6.92 Å². The summed E-state index contributed by atoms with van der Waals surface area (Å²) < 4.78 is 0. The van der Waals surface area contributed by atoms with E-state index in [1.54, 1.807) is 6.92 Å². The Bertz CT molecular complexity index is 112. The molecular weight excluding hydrogens is 147 g/mol. The van der Waals surface area contributed by atoms with Crippen molar-refractivity contribution < 1.29 is 49.7 Å². The molecule has 2 N–H and O–H groups in total. The van der Waals surface area contributed by atoms with Gasteiger partial charge >= 0.3 is 35.5 Å². The van der Waals surface area contributed by atoms with Crippen LogP contribution in [0.2, 0.25) is 0 Å². The van der Waals surface area contributed by atoms with E-state index in [1.165, 1.54) is 0 Å². The van der Waals surface area contributed by atoms with Crippen LogP contribution in [0.25, 0.3) is 0 Å². The summed E-state index contributed by atoms with van der Waals surface area (Å²) in [6.07, 6.45) is -0.0250. The third kappa shape index (κ3) is 11.0. The van der Waals surface area contributed by atoms with Crippen LogP contribution in [0.15, 0.2) is 0 Å². The third-order valence-electron chi connectivity index (χ3n) is 0.743. The summed E-state index contributed by atoms with van der Waals surface area (Å²) in [4.78, 5) is 20.0. The summed E-state index contributed by atoms with van der Waals surface area (Å²) in [7, 11) is 0. The van der Waals surface area contributed by atoms with Crippen LogP contribution in [-0.2, 0) is 9.59 Å². The molecule has 0 aliphatic carbocycles. The van der Waals surface area contributed by atoms with Gasteiger partial charge in [0.1, 0.15) is 12.2 Å². The van der Waals surface area contributed by atoms with E-state index in [0.29, 0.717) is 6.42 Å². The average molecular weight is 156 g/mol. The second kappa shape index (κ2) is 9.10. The van der Waals surface area contributed by atoms with Crippen LogP contribution >= 0.6 is 0 Å². The van der Waals surface area contributed by atoms with Crippen molar-refractivity contribution in [2.24, 2.45) is 0 Å². The molecule has 0 amide bonds. The Morgan fingerprint density at radius 2 is 1.80 bits per heavy atom. The van der Waals surface area contributed by atoms with E-state index < -0.39 is 5.97 Å². The first-order valence-electron chi connectivity index (χ1n) is 2.40. The van der Waals surface area contributed by atoms with Gasteiger partial charge in [-0.25, -0.2) is 0 Å². The van der Waals surface area contributed by atoms with Crippen molar-refractivity contribution in [1.82, 2.24) is 0 Å². The molecule has 10 heavy (non-hydrogen) atoms. The maximum Gasteiger partial charge on any atom is 1.00 e. The van der Waals surface area contributed by atoms with E-state index in [2.05, 4.69) is 0 Å². The molecule has 0 aliphatic heterocycles. The number of ketones is 1. The largest absolute Gasteiger partial charge is 1.00 e. The number of carbonyl (C=O) groups is 2. The molecule has 0 aromatic heterocycles. The Kier molecular flexibility index (Phi) is 15.1. The number of Topliss-reactive ketones (excluding diaryl/α,β-unsaturated/α-hetero) is 1. The quantitative estimate of drug-likeness (QED) is 0.355. The summed E-state index contributed by atoms with van der Waals surface area (Å²) in [5.41, 5.74) is 0. The molecule has 0 saturated carbocycles. The minimum atomic E-state index is -1.04. The summed E-state index contributed by atoms with van der Waals surface area (Å²) in [6, 6.07) is 0. The second-order valence-electron chi connectivity index (χ2n) is 1.46. The first-order chi connectivity index (χ1) is 3.66. The van der Waals surface area contributed by atoms with Crippen molar-refractivity contribution in [3.63, 3.8) is 0 Å². The van der Waals surface area contributed by atoms with E-state index in [0.717, 1.165) is 0 Å². The predicted molar refractivity (Wildman–Crippen MR) is 29.5 cm³/mol. The molecule has 0 heterocycles. The second-order valence-corrected chi connectivity index (χ2v) is 1.46. The Morgan fingerprint density at radius 3 is 1.90 bits per heavy atom. The zero-order valence-electron chi connectivity index (χ0n) is 6.13. The number of hydrogen-bond donors (Lipinski definition) is 1. The maximum atomic E-state index is 10.2. The molecule has 0 fully saturated rings. The molecule has 0 unspecified atom stereocenters. The molecular formula is C5H9NaO4. The van der Waals surface area contributed by atoms with Crippen LogP contribution in [0.4, 0.5) is 0 Å². The zero-order chi connectivity index (χ0) is 6.57. The molecule has 0 saturated heterocycles. The van der Waals surface area contributed by atoms with Gasteiger partial charge in [0.15, 0.2) is 0 Å². The zero-order valence-corrected chi connectivity index (χ0v) is 8.13. The molecule has 54 valence electrons. The van der Waals surface area contributed by atoms with E-state index >= 15 is 0 Å². The minimum Gasteiger partial charge on any atom is -0.870 e. The normalized spacial score (nSPS) is 6.90. The number of hydrogen-bond acceptors (Lipinski definition) is 3. The van der Waals surface area contributed by atoms with Gasteiger partial charge in [0, 0.05) is 6.42 Å². The van der Waals surface area contributed by atoms with Crippen LogP contribution in [0.5, 0.6) is 0 Å². The summed E-state index contributed by atoms with van der Waals surface area (Å²) >= 11 is 0. The van der Waals surface area contributed by atoms with Gasteiger partial charge in [0.05, 0.1) is 0 Å². The Labute approximate surface area is 81.2 Å². The molecule has 0 spiro atoms. The summed E-state index contributed by atoms with van der Waals surface area (Å²) in [5, 5.41) is 7.99. The van der Waals surface area contributed by atoms with Crippen molar-refractivity contribution in [3.8, 4) is 0 Å². The van der Waals surface area contributed by atoms with Crippen LogP contribution in [0, 0.1) is 0 Å². The van der Waals surface area contributed by atoms with Crippen molar-refractivity contribution in [2.75, 3.05) is 0 Å². The molecule has 0 radical (unpaired) electrons. The van der Waals surface area contributed by atoms with Gasteiger partial charge in [-0.05, 0) is 0 Å². The fraction of sp³-hybridized carbons (Fsp3) is 0.600. The number of carbonyl (C=O) groups excluding carboxylic acids is 1. The molecule has 0 aromatic carbocycles. The van der Waals surface area contributed by atoms with Gasteiger partial charge in [-0.3, -0.25) is 9.59 Å². The predicted octanol–water partition coefficient (Wildman–Crippen LogP) is -2.73. The summed E-state index contributed by atoms with van der Waals surface area (Å²) in [5.74, 6) is -1.27. The minimum absolute atomic E-state index is 0. The Hall–Kier alpha value is 0.1000. The monoisotopic (exact) mass is 156 g/mol. The number of aliphatic carboxylic acids is 1. The first kappa shape index (κ1) is 16.6. The fourth-order valence-electron chi connectivity index (χ4n) is 0.294. The molecule has 4 nitrogen and oxygen atoms in total. The van der Waals surface area contributed by atoms with Gasteiger partial charge < -0.3 is 10.6 Å². The van der Waals surface area contributed by atoms with E-state index in [-0.39, 0.29) is 47.2 Å².